The minimum absolute atomic E-state index is 1.10. The number of hydrogen-bond donors (Lipinski definition) is 0. The van der Waals surface area contributed by atoms with Crippen molar-refractivity contribution < 1.29 is 0 Å². The SMILES string of the molecule is Cc1cc(C)c(I)nc1I. The molecule has 0 N–H and O–H groups in total. The van der Waals surface area contributed by atoms with E-state index in [-0.39, 0.29) is 0 Å². The lowest BCUT2D eigenvalue weighted by Gasteiger charge is -2.00. The van der Waals surface area contributed by atoms with Gasteiger partial charge in [-0.1, -0.05) is 6.07 Å². The number of hydrogen-bond acceptors (Lipinski definition) is 1. The monoisotopic (exact) mass is 359 g/mol. The molecule has 3 heteroatoms. The van der Waals surface area contributed by atoms with Crippen LogP contribution in [0.4, 0.5) is 0 Å². The maximum absolute atomic E-state index is 4.35. The van der Waals surface area contributed by atoms with Gasteiger partial charge >= 0.3 is 0 Å². The number of aromatic nitrogens is 1. The second kappa shape index (κ2) is 3.34. The highest BCUT2D eigenvalue weighted by Gasteiger charge is 1.99. The van der Waals surface area contributed by atoms with Crippen LogP contribution in [0.3, 0.4) is 0 Å². The van der Waals surface area contributed by atoms with E-state index >= 15 is 0 Å². The number of rotatable bonds is 0. The average Bonchev–Trinajstić information content (AvgIpc) is 1.84. The summed E-state index contributed by atoms with van der Waals surface area (Å²) in [7, 11) is 0. The third kappa shape index (κ3) is 1.81. The smallest absolute Gasteiger partial charge is 0.105 e. The minimum atomic E-state index is 1.10. The molecule has 0 aromatic carbocycles. The molecule has 0 radical (unpaired) electrons. The first-order chi connectivity index (χ1) is 4.61. The molecule has 1 nitrogen and oxygen atoms in total. The lowest BCUT2D eigenvalue weighted by molar-refractivity contribution is 1.13. The van der Waals surface area contributed by atoms with Crippen LogP contribution in [0.2, 0.25) is 0 Å². The van der Waals surface area contributed by atoms with E-state index in [1.54, 1.807) is 0 Å². The third-order valence-electron chi connectivity index (χ3n) is 1.28. The molecule has 0 fully saturated rings. The van der Waals surface area contributed by atoms with E-state index < -0.39 is 0 Å². The molecule has 10 heavy (non-hydrogen) atoms. The normalized spacial score (nSPS) is 10.0. The van der Waals surface area contributed by atoms with Crippen LogP contribution >= 0.6 is 45.2 Å². The van der Waals surface area contributed by atoms with Crippen LogP contribution in [0.5, 0.6) is 0 Å². The van der Waals surface area contributed by atoms with Crippen molar-refractivity contribution in [2.24, 2.45) is 0 Å². The molecule has 0 aliphatic carbocycles. The van der Waals surface area contributed by atoms with Crippen LogP contribution in [-0.2, 0) is 0 Å². The van der Waals surface area contributed by atoms with E-state index in [4.69, 9.17) is 0 Å². The number of halogens is 2. The Morgan fingerprint density at radius 1 is 1.10 bits per heavy atom. The van der Waals surface area contributed by atoms with E-state index in [0.717, 1.165) is 7.40 Å². The molecule has 1 rings (SSSR count). The lowest BCUT2D eigenvalue weighted by atomic mass is 10.2. The Morgan fingerprint density at radius 3 is 1.80 bits per heavy atom. The predicted octanol–water partition coefficient (Wildman–Crippen LogP) is 2.91. The molecule has 1 aromatic heterocycles. The summed E-state index contributed by atoms with van der Waals surface area (Å²) in [5, 5.41) is 0. The van der Waals surface area contributed by atoms with Crippen molar-refractivity contribution in [1.29, 1.82) is 0 Å². The number of aryl methyl sites for hydroxylation is 2. The Balaban J connectivity index is 3.28. The number of nitrogens with zero attached hydrogens (tertiary/aromatic N) is 1. The van der Waals surface area contributed by atoms with E-state index in [0.29, 0.717) is 0 Å². The van der Waals surface area contributed by atoms with Gasteiger partial charge in [-0.2, -0.15) is 0 Å². The summed E-state index contributed by atoms with van der Waals surface area (Å²) >= 11 is 4.50. The summed E-state index contributed by atoms with van der Waals surface area (Å²) in [4.78, 5) is 4.35. The van der Waals surface area contributed by atoms with Gasteiger partial charge in [0.25, 0.3) is 0 Å². The van der Waals surface area contributed by atoms with Gasteiger partial charge in [-0.15, -0.1) is 0 Å². The Morgan fingerprint density at radius 2 is 1.50 bits per heavy atom. The van der Waals surface area contributed by atoms with E-state index in [9.17, 15) is 0 Å². The Hall–Kier alpha value is 0.610. The molecule has 0 saturated carbocycles. The fraction of sp³-hybridized carbons (Fsp3) is 0.286. The third-order valence-corrected chi connectivity index (χ3v) is 3.46. The van der Waals surface area contributed by atoms with Crippen molar-refractivity contribution in [2.75, 3.05) is 0 Å². The Labute approximate surface area is 87.9 Å². The topological polar surface area (TPSA) is 12.9 Å². The van der Waals surface area contributed by atoms with E-state index in [2.05, 4.69) is 70.1 Å². The first kappa shape index (κ1) is 8.70. The Kier molecular flexibility index (Phi) is 2.91. The highest BCUT2D eigenvalue weighted by atomic mass is 127. The lowest BCUT2D eigenvalue weighted by Crippen LogP contribution is -1.92. The van der Waals surface area contributed by atoms with Crippen molar-refractivity contribution in [1.82, 2.24) is 4.98 Å². The van der Waals surface area contributed by atoms with Gasteiger partial charge in [-0.25, -0.2) is 4.98 Å². The van der Waals surface area contributed by atoms with Gasteiger partial charge in [-0.05, 0) is 70.2 Å². The molecule has 1 aromatic rings. The molecule has 0 aliphatic heterocycles. The quantitative estimate of drug-likeness (QED) is 0.513. The molecule has 0 atom stereocenters. The molecule has 0 amide bonds. The summed E-state index contributed by atoms with van der Waals surface area (Å²) < 4.78 is 2.21. The van der Waals surface area contributed by atoms with Gasteiger partial charge in [0, 0.05) is 0 Å². The zero-order valence-electron chi connectivity index (χ0n) is 5.78. The van der Waals surface area contributed by atoms with Gasteiger partial charge in [0.1, 0.15) is 7.40 Å². The Bertz CT molecular complexity index is 208. The second-order valence-corrected chi connectivity index (χ2v) is 4.25. The molecule has 54 valence electrons. The zero-order chi connectivity index (χ0) is 7.72. The molecule has 0 bridgehead atoms. The van der Waals surface area contributed by atoms with Crippen molar-refractivity contribution in [3.63, 3.8) is 0 Å². The summed E-state index contributed by atoms with van der Waals surface area (Å²) in [6.07, 6.45) is 0. The maximum atomic E-state index is 4.35. The number of pyridine rings is 1. The van der Waals surface area contributed by atoms with Gasteiger partial charge in [0.15, 0.2) is 0 Å². The standard InChI is InChI=1S/C7H7I2N/c1-4-3-5(2)7(9)10-6(4)8/h3H,1-2H3. The largest absolute Gasteiger partial charge is 0.235 e. The fourth-order valence-electron chi connectivity index (χ4n) is 0.706. The molecule has 0 aliphatic rings. The fourth-order valence-corrected chi connectivity index (χ4v) is 1.96. The summed E-state index contributed by atoms with van der Waals surface area (Å²) in [5.41, 5.74) is 2.53. The molecular formula is C7H7I2N. The molecular weight excluding hydrogens is 352 g/mol. The highest BCUT2D eigenvalue weighted by molar-refractivity contribution is 14.1. The van der Waals surface area contributed by atoms with Crippen molar-refractivity contribution in [3.05, 3.63) is 24.6 Å². The van der Waals surface area contributed by atoms with Crippen molar-refractivity contribution in [2.45, 2.75) is 13.8 Å². The van der Waals surface area contributed by atoms with E-state index in [1.807, 2.05) is 0 Å². The van der Waals surface area contributed by atoms with Crippen LogP contribution < -0.4 is 0 Å². The molecule has 0 saturated heterocycles. The summed E-state index contributed by atoms with van der Waals surface area (Å²) in [6.45, 7) is 4.16. The van der Waals surface area contributed by atoms with Gasteiger partial charge < -0.3 is 0 Å². The van der Waals surface area contributed by atoms with Crippen LogP contribution in [0.15, 0.2) is 6.07 Å². The van der Waals surface area contributed by atoms with Crippen molar-refractivity contribution in [3.8, 4) is 0 Å². The van der Waals surface area contributed by atoms with E-state index in [1.165, 1.54) is 11.1 Å². The highest BCUT2D eigenvalue weighted by Crippen LogP contribution is 2.14. The maximum Gasteiger partial charge on any atom is 0.105 e. The van der Waals surface area contributed by atoms with Crippen LogP contribution in [0.1, 0.15) is 11.1 Å². The van der Waals surface area contributed by atoms with Crippen LogP contribution in [0, 0.1) is 21.2 Å². The minimum Gasteiger partial charge on any atom is -0.235 e. The second-order valence-electron chi connectivity index (χ2n) is 2.20. The summed E-state index contributed by atoms with van der Waals surface area (Å²) in [6, 6.07) is 2.16. The summed E-state index contributed by atoms with van der Waals surface area (Å²) in [5.74, 6) is 0. The van der Waals surface area contributed by atoms with Crippen LogP contribution in [0.25, 0.3) is 0 Å². The average molecular weight is 359 g/mol. The predicted molar refractivity (Wildman–Crippen MR) is 59.1 cm³/mol. The van der Waals surface area contributed by atoms with Gasteiger partial charge in [-0.3, -0.25) is 0 Å². The zero-order valence-corrected chi connectivity index (χ0v) is 10.1. The van der Waals surface area contributed by atoms with Gasteiger partial charge in [0.2, 0.25) is 0 Å². The van der Waals surface area contributed by atoms with Gasteiger partial charge in [0.05, 0.1) is 0 Å². The first-order valence-corrected chi connectivity index (χ1v) is 5.06. The molecule has 1 heterocycles. The molecule has 0 spiro atoms. The first-order valence-electron chi connectivity index (χ1n) is 2.90. The van der Waals surface area contributed by atoms with Crippen LogP contribution in [-0.4, -0.2) is 4.98 Å². The van der Waals surface area contributed by atoms with Crippen molar-refractivity contribution >= 4 is 45.2 Å². The molecule has 0 unspecified atom stereocenters.